The number of amides is 2. The first-order valence-corrected chi connectivity index (χ1v) is 11.3. The molecular weight excluding hydrogens is 390 g/mol. The van der Waals surface area contributed by atoms with Gasteiger partial charge in [-0.25, -0.2) is 0 Å². The third-order valence-corrected chi connectivity index (χ3v) is 4.80. The van der Waals surface area contributed by atoms with E-state index < -0.39 is 0 Å². The molecule has 0 heterocycles. The topological polar surface area (TPSA) is 79.5 Å². The molecule has 2 aromatic rings. The molecule has 0 saturated heterocycles. The van der Waals surface area contributed by atoms with E-state index in [1.54, 1.807) is 18.2 Å². The smallest absolute Gasteiger partial charge is 0.251 e. The first-order chi connectivity index (χ1) is 15.1. The minimum Gasteiger partial charge on any atom is -0.494 e. The van der Waals surface area contributed by atoms with Crippen LogP contribution >= 0.6 is 0 Å². The molecule has 0 aromatic heterocycles. The van der Waals surface area contributed by atoms with Gasteiger partial charge in [0.1, 0.15) is 5.75 Å². The van der Waals surface area contributed by atoms with Crippen molar-refractivity contribution in [3.63, 3.8) is 0 Å². The third-order valence-electron chi connectivity index (χ3n) is 4.80. The lowest BCUT2D eigenvalue weighted by Gasteiger charge is -2.10. The molecule has 0 bridgehead atoms. The summed E-state index contributed by atoms with van der Waals surface area (Å²) in [6.45, 7) is 5.76. The molecule has 0 saturated carbocycles. The van der Waals surface area contributed by atoms with E-state index in [2.05, 4.69) is 29.8 Å². The van der Waals surface area contributed by atoms with Crippen LogP contribution in [0, 0.1) is 0 Å². The molecule has 0 aliphatic rings. The fraction of sp³-hybridized carbons (Fsp3) is 0.440. The summed E-state index contributed by atoms with van der Waals surface area (Å²) < 4.78 is 5.72. The predicted molar refractivity (Wildman–Crippen MR) is 127 cm³/mol. The molecule has 168 valence electrons. The van der Waals surface area contributed by atoms with Crippen molar-refractivity contribution in [3.05, 3.63) is 54.1 Å². The van der Waals surface area contributed by atoms with Gasteiger partial charge in [0.2, 0.25) is 5.91 Å². The summed E-state index contributed by atoms with van der Waals surface area (Å²) in [5, 5.41) is 8.82. The van der Waals surface area contributed by atoms with Gasteiger partial charge >= 0.3 is 0 Å². The van der Waals surface area contributed by atoms with E-state index in [0.717, 1.165) is 30.7 Å². The zero-order valence-electron chi connectivity index (χ0n) is 18.7. The Morgan fingerprint density at radius 1 is 0.871 bits per heavy atom. The molecule has 2 amide bonds. The van der Waals surface area contributed by atoms with Gasteiger partial charge in [0.25, 0.3) is 5.91 Å². The largest absolute Gasteiger partial charge is 0.494 e. The minimum atomic E-state index is -0.161. The summed E-state index contributed by atoms with van der Waals surface area (Å²) >= 11 is 0. The molecule has 0 aliphatic heterocycles. The third kappa shape index (κ3) is 9.55. The number of nitrogens with one attached hydrogen (secondary N) is 3. The van der Waals surface area contributed by atoms with Crippen molar-refractivity contribution in [1.82, 2.24) is 5.32 Å². The summed E-state index contributed by atoms with van der Waals surface area (Å²) in [6, 6.07) is 14.5. The maximum atomic E-state index is 12.3. The second kappa shape index (κ2) is 14.1. The predicted octanol–water partition coefficient (Wildman–Crippen LogP) is 5.23. The summed E-state index contributed by atoms with van der Waals surface area (Å²) in [5.41, 5.74) is 2.02. The molecule has 0 fully saturated rings. The van der Waals surface area contributed by atoms with E-state index >= 15 is 0 Å². The Hall–Kier alpha value is -3.02. The van der Waals surface area contributed by atoms with Crippen LogP contribution in [0.1, 0.15) is 62.7 Å². The Kier molecular flexibility index (Phi) is 11.0. The highest BCUT2D eigenvalue weighted by atomic mass is 16.5. The normalized spacial score (nSPS) is 10.4. The lowest BCUT2D eigenvalue weighted by Crippen LogP contribution is -2.25. The average Bonchev–Trinajstić information content (AvgIpc) is 2.79. The van der Waals surface area contributed by atoms with Crippen molar-refractivity contribution >= 4 is 23.2 Å². The summed E-state index contributed by atoms with van der Waals surface area (Å²) in [7, 11) is 0. The van der Waals surface area contributed by atoms with E-state index in [9.17, 15) is 9.59 Å². The van der Waals surface area contributed by atoms with E-state index in [-0.39, 0.29) is 18.4 Å². The van der Waals surface area contributed by atoms with E-state index in [1.165, 1.54) is 19.3 Å². The highest BCUT2D eigenvalue weighted by Gasteiger charge is 2.07. The molecule has 3 N–H and O–H groups in total. The van der Waals surface area contributed by atoms with Gasteiger partial charge in [0.15, 0.2) is 0 Å². The van der Waals surface area contributed by atoms with Gasteiger partial charge in [-0.3, -0.25) is 9.59 Å². The molecule has 2 rings (SSSR count). The summed E-state index contributed by atoms with van der Waals surface area (Å²) in [4.78, 5) is 24.4. The van der Waals surface area contributed by atoms with Gasteiger partial charge in [0.05, 0.1) is 13.2 Å². The maximum absolute atomic E-state index is 12.3. The average molecular weight is 426 g/mol. The van der Waals surface area contributed by atoms with Crippen LogP contribution in [0.4, 0.5) is 11.4 Å². The molecule has 31 heavy (non-hydrogen) atoms. The first kappa shape index (κ1) is 24.3. The summed E-state index contributed by atoms with van der Waals surface area (Å²) in [5.74, 6) is 0.543. The minimum absolute atomic E-state index is 0.103. The van der Waals surface area contributed by atoms with Crippen LogP contribution in [-0.2, 0) is 4.79 Å². The van der Waals surface area contributed by atoms with Crippen LogP contribution in [0.25, 0.3) is 0 Å². The molecular formula is C25H35N3O3. The number of carbonyl (C=O) groups is 2. The van der Waals surface area contributed by atoms with Crippen LogP contribution in [0.5, 0.6) is 5.75 Å². The van der Waals surface area contributed by atoms with Crippen molar-refractivity contribution in [2.24, 2.45) is 0 Å². The number of hydrogen-bond donors (Lipinski definition) is 3. The van der Waals surface area contributed by atoms with Gasteiger partial charge in [-0.1, -0.05) is 45.6 Å². The number of ether oxygens (including phenoxy) is 1. The number of rotatable bonds is 14. The monoisotopic (exact) mass is 425 g/mol. The molecule has 6 heteroatoms. The molecule has 0 atom stereocenters. The van der Waals surface area contributed by atoms with Gasteiger partial charge in [0, 0.05) is 23.5 Å². The van der Waals surface area contributed by atoms with Crippen LogP contribution in [0.3, 0.4) is 0 Å². The number of anilines is 2. The first-order valence-electron chi connectivity index (χ1n) is 11.3. The van der Waals surface area contributed by atoms with Crippen LogP contribution in [0.2, 0.25) is 0 Å². The Bertz CT molecular complexity index is 806. The zero-order valence-corrected chi connectivity index (χ0v) is 18.7. The van der Waals surface area contributed by atoms with Crippen LogP contribution in [0.15, 0.2) is 48.5 Å². The van der Waals surface area contributed by atoms with Gasteiger partial charge in [-0.15, -0.1) is 0 Å². The van der Waals surface area contributed by atoms with Gasteiger partial charge in [-0.2, -0.15) is 0 Å². The Morgan fingerprint density at radius 2 is 1.65 bits per heavy atom. The van der Waals surface area contributed by atoms with Crippen molar-refractivity contribution in [3.8, 4) is 5.75 Å². The lowest BCUT2D eigenvalue weighted by atomic mass is 10.2. The molecule has 0 unspecified atom stereocenters. The number of carbonyl (C=O) groups excluding carboxylic acids is 2. The molecule has 0 radical (unpaired) electrons. The zero-order chi connectivity index (χ0) is 22.3. The standard InChI is InChI=1S/C25H35N3O3/c1-3-5-7-8-17-31-23-14-12-21(13-15-23)28-24(29)19-27-22-11-9-10-20(18-22)25(30)26-16-6-4-2/h9-15,18,27H,3-8,16-17,19H2,1-2H3,(H,26,30)(H,28,29). The summed E-state index contributed by atoms with van der Waals surface area (Å²) in [6.07, 6.45) is 6.67. The fourth-order valence-electron chi connectivity index (χ4n) is 2.99. The van der Waals surface area contributed by atoms with Crippen molar-refractivity contribution in [2.75, 3.05) is 30.3 Å². The molecule has 2 aromatic carbocycles. The number of unbranched alkanes of at least 4 members (excludes halogenated alkanes) is 4. The SMILES string of the molecule is CCCCCCOc1ccc(NC(=O)CNc2cccc(C(=O)NCCCC)c2)cc1. The molecule has 6 nitrogen and oxygen atoms in total. The second-order valence-corrected chi connectivity index (χ2v) is 7.53. The number of benzene rings is 2. The van der Waals surface area contributed by atoms with Crippen molar-refractivity contribution < 1.29 is 14.3 Å². The highest BCUT2D eigenvalue weighted by molar-refractivity contribution is 5.96. The second-order valence-electron chi connectivity index (χ2n) is 7.53. The number of hydrogen-bond acceptors (Lipinski definition) is 4. The van der Waals surface area contributed by atoms with E-state index in [1.807, 2.05) is 30.3 Å². The molecule has 0 aliphatic carbocycles. The Morgan fingerprint density at radius 3 is 2.39 bits per heavy atom. The van der Waals surface area contributed by atoms with Crippen molar-refractivity contribution in [2.45, 2.75) is 52.4 Å². The Labute approximate surface area is 185 Å². The molecule has 0 spiro atoms. The Balaban J connectivity index is 1.75. The van der Waals surface area contributed by atoms with Crippen molar-refractivity contribution in [1.29, 1.82) is 0 Å². The lowest BCUT2D eigenvalue weighted by molar-refractivity contribution is -0.114. The maximum Gasteiger partial charge on any atom is 0.251 e. The van der Waals surface area contributed by atoms with Gasteiger partial charge in [-0.05, 0) is 55.3 Å². The fourth-order valence-corrected chi connectivity index (χ4v) is 2.99. The van der Waals surface area contributed by atoms with E-state index in [4.69, 9.17) is 4.74 Å². The van der Waals surface area contributed by atoms with Crippen LogP contribution < -0.4 is 20.7 Å². The quantitative estimate of drug-likeness (QED) is 0.362. The highest BCUT2D eigenvalue weighted by Crippen LogP contribution is 2.16. The van der Waals surface area contributed by atoms with Gasteiger partial charge < -0.3 is 20.7 Å². The van der Waals surface area contributed by atoms with E-state index in [0.29, 0.717) is 24.4 Å². The van der Waals surface area contributed by atoms with Crippen LogP contribution in [-0.4, -0.2) is 31.5 Å².